The number of ether oxygens (including phenoxy) is 1. The van der Waals surface area contributed by atoms with E-state index < -0.39 is 0 Å². The minimum atomic E-state index is 0.159. The molecule has 2 rings (SSSR count). The van der Waals surface area contributed by atoms with Gasteiger partial charge in [-0.3, -0.25) is 4.98 Å². The van der Waals surface area contributed by atoms with Gasteiger partial charge in [-0.1, -0.05) is 0 Å². The zero-order chi connectivity index (χ0) is 9.86. The van der Waals surface area contributed by atoms with Crippen molar-refractivity contribution in [3.05, 3.63) is 16.6 Å². The van der Waals surface area contributed by atoms with Gasteiger partial charge in [-0.05, 0) is 19.3 Å². The molecule has 4 heteroatoms. The lowest BCUT2D eigenvalue weighted by molar-refractivity contribution is 0.00515. The van der Waals surface area contributed by atoms with E-state index in [4.69, 9.17) is 16.3 Å². The van der Waals surface area contributed by atoms with Gasteiger partial charge >= 0.3 is 0 Å². The predicted octanol–water partition coefficient (Wildman–Crippen LogP) is 2.72. The van der Waals surface area contributed by atoms with Crippen molar-refractivity contribution in [1.29, 1.82) is 0 Å². The minimum Gasteiger partial charge on any atom is -0.381 e. The van der Waals surface area contributed by atoms with Gasteiger partial charge in [0.1, 0.15) is 0 Å². The monoisotopic (exact) mass is 231 g/mol. The molecule has 2 nitrogen and oxygen atoms in total. The summed E-state index contributed by atoms with van der Waals surface area (Å²) in [5, 5.41) is 0. The van der Waals surface area contributed by atoms with E-state index in [1.165, 1.54) is 11.3 Å². The molecule has 1 aromatic heterocycles. The van der Waals surface area contributed by atoms with Gasteiger partial charge in [-0.15, -0.1) is 22.9 Å². The lowest BCUT2D eigenvalue weighted by Crippen LogP contribution is -2.35. The minimum absolute atomic E-state index is 0.159. The maximum atomic E-state index is 6.06. The van der Waals surface area contributed by atoms with Crippen LogP contribution in [-0.2, 0) is 11.2 Å². The van der Waals surface area contributed by atoms with Crippen LogP contribution in [0.3, 0.4) is 0 Å². The van der Waals surface area contributed by atoms with Gasteiger partial charge in [-0.25, -0.2) is 0 Å². The number of thiazole rings is 1. The quantitative estimate of drug-likeness (QED) is 0.747. The fourth-order valence-electron chi connectivity index (χ4n) is 1.90. The molecule has 0 saturated carbocycles. The van der Waals surface area contributed by atoms with E-state index in [-0.39, 0.29) is 5.41 Å². The molecule has 0 N–H and O–H groups in total. The Hall–Kier alpha value is -0.120. The maximum Gasteiger partial charge on any atom is 0.0794 e. The molecule has 14 heavy (non-hydrogen) atoms. The molecule has 1 aliphatic heterocycles. The number of hydrogen-bond acceptors (Lipinski definition) is 3. The van der Waals surface area contributed by atoms with Crippen LogP contribution in [0.4, 0.5) is 0 Å². The average Bonchev–Trinajstić information content (AvgIpc) is 2.72. The van der Waals surface area contributed by atoms with Crippen LogP contribution in [0, 0.1) is 5.41 Å². The molecule has 1 aliphatic rings. The third-order valence-electron chi connectivity index (χ3n) is 2.72. The van der Waals surface area contributed by atoms with Crippen LogP contribution in [0.2, 0.25) is 0 Å². The van der Waals surface area contributed by atoms with Gasteiger partial charge in [0.2, 0.25) is 0 Å². The molecule has 2 heterocycles. The molecule has 0 aromatic carbocycles. The van der Waals surface area contributed by atoms with Crippen molar-refractivity contribution >= 4 is 22.9 Å². The SMILES string of the molecule is ClCC1(Cc2cncs2)CCCOC1. The summed E-state index contributed by atoms with van der Waals surface area (Å²) in [6.07, 6.45) is 5.26. The Morgan fingerprint density at radius 2 is 2.57 bits per heavy atom. The summed E-state index contributed by atoms with van der Waals surface area (Å²) in [7, 11) is 0. The van der Waals surface area contributed by atoms with Crippen molar-refractivity contribution in [1.82, 2.24) is 4.98 Å². The fourth-order valence-corrected chi connectivity index (χ4v) is 2.97. The summed E-state index contributed by atoms with van der Waals surface area (Å²) < 4.78 is 5.52. The lowest BCUT2D eigenvalue weighted by atomic mass is 9.81. The second kappa shape index (κ2) is 4.60. The van der Waals surface area contributed by atoms with Crippen molar-refractivity contribution in [2.24, 2.45) is 5.41 Å². The molecule has 0 radical (unpaired) electrons. The molecule has 1 atom stereocenters. The largest absolute Gasteiger partial charge is 0.381 e. The number of hydrogen-bond donors (Lipinski definition) is 0. The highest BCUT2D eigenvalue weighted by molar-refractivity contribution is 7.09. The molecular formula is C10H14ClNOS. The van der Waals surface area contributed by atoms with Gasteiger partial charge in [0, 0.05) is 29.0 Å². The van der Waals surface area contributed by atoms with Crippen LogP contribution in [0.25, 0.3) is 0 Å². The molecule has 1 unspecified atom stereocenters. The summed E-state index contributed by atoms with van der Waals surface area (Å²) in [4.78, 5) is 5.40. The Morgan fingerprint density at radius 1 is 1.64 bits per heavy atom. The molecule has 0 bridgehead atoms. The average molecular weight is 232 g/mol. The van der Waals surface area contributed by atoms with Crippen molar-refractivity contribution in [2.45, 2.75) is 19.3 Å². The van der Waals surface area contributed by atoms with Crippen LogP contribution in [0.15, 0.2) is 11.7 Å². The van der Waals surface area contributed by atoms with E-state index in [9.17, 15) is 0 Å². The highest BCUT2D eigenvalue weighted by Crippen LogP contribution is 2.34. The van der Waals surface area contributed by atoms with E-state index in [1.54, 1.807) is 11.3 Å². The Morgan fingerprint density at radius 3 is 3.14 bits per heavy atom. The van der Waals surface area contributed by atoms with Crippen LogP contribution in [0.1, 0.15) is 17.7 Å². The van der Waals surface area contributed by atoms with E-state index >= 15 is 0 Å². The number of aromatic nitrogens is 1. The van der Waals surface area contributed by atoms with Gasteiger partial charge in [0.25, 0.3) is 0 Å². The Bertz CT molecular complexity index is 270. The first-order valence-electron chi connectivity index (χ1n) is 4.86. The summed E-state index contributed by atoms with van der Waals surface area (Å²) in [6.45, 7) is 1.69. The molecule has 0 aliphatic carbocycles. The van der Waals surface area contributed by atoms with Crippen LogP contribution < -0.4 is 0 Å². The Labute approximate surface area is 93.3 Å². The van der Waals surface area contributed by atoms with E-state index in [0.717, 1.165) is 26.1 Å². The summed E-state index contributed by atoms with van der Waals surface area (Å²) in [5.41, 5.74) is 2.04. The molecule has 78 valence electrons. The second-order valence-corrected chi connectivity index (χ2v) is 5.17. The van der Waals surface area contributed by atoms with Crippen molar-refractivity contribution in [2.75, 3.05) is 19.1 Å². The van der Waals surface area contributed by atoms with Gasteiger partial charge < -0.3 is 4.74 Å². The third kappa shape index (κ3) is 2.27. The standard InChI is InChI=1S/C10H14ClNOS/c11-6-10(2-1-3-13-7-10)4-9-5-12-8-14-9/h5,8H,1-4,6-7H2. The smallest absolute Gasteiger partial charge is 0.0794 e. The van der Waals surface area contributed by atoms with Gasteiger partial charge in [-0.2, -0.15) is 0 Å². The van der Waals surface area contributed by atoms with Crippen molar-refractivity contribution in [3.63, 3.8) is 0 Å². The van der Waals surface area contributed by atoms with Crippen molar-refractivity contribution in [3.8, 4) is 0 Å². The van der Waals surface area contributed by atoms with Crippen LogP contribution >= 0.6 is 22.9 Å². The van der Waals surface area contributed by atoms with Crippen LogP contribution in [-0.4, -0.2) is 24.1 Å². The predicted molar refractivity (Wildman–Crippen MR) is 59.0 cm³/mol. The Balaban J connectivity index is 2.04. The lowest BCUT2D eigenvalue weighted by Gasteiger charge is -2.34. The van der Waals surface area contributed by atoms with Crippen LogP contribution in [0.5, 0.6) is 0 Å². The van der Waals surface area contributed by atoms with Gasteiger partial charge in [0.05, 0.1) is 12.1 Å². The third-order valence-corrected chi connectivity index (χ3v) is 4.07. The first-order valence-corrected chi connectivity index (χ1v) is 6.27. The van der Waals surface area contributed by atoms with Gasteiger partial charge in [0.15, 0.2) is 0 Å². The molecule has 0 spiro atoms. The molecular weight excluding hydrogens is 218 g/mol. The fraction of sp³-hybridized carbons (Fsp3) is 0.700. The highest BCUT2D eigenvalue weighted by Gasteiger charge is 2.32. The maximum absolute atomic E-state index is 6.06. The summed E-state index contributed by atoms with van der Waals surface area (Å²) in [5.74, 6) is 0.685. The first-order chi connectivity index (χ1) is 6.85. The first kappa shape index (κ1) is 10.4. The normalized spacial score (nSPS) is 27.8. The summed E-state index contributed by atoms with van der Waals surface area (Å²) >= 11 is 7.76. The summed E-state index contributed by atoms with van der Waals surface area (Å²) in [6, 6.07) is 0. The molecule has 1 saturated heterocycles. The number of nitrogens with zero attached hydrogens (tertiary/aromatic N) is 1. The zero-order valence-electron chi connectivity index (χ0n) is 8.04. The van der Waals surface area contributed by atoms with E-state index in [0.29, 0.717) is 5.88 Å². The number of rotatable bonds is 3. The van der Waals surface area contributed by atoms with E-state index in [2.05, 4.69) is 4.98 Å². The Kier molecular flexibility index (Phi) is 3.42. The zero-order valence-corrected chi connectivity index (χ0v) is 9.61. The van der Waals surface area contributed by atoms with Crippen molar-refractivity contribution < 1.29 is 4.74 Å². The second-order valence-electron chi connectivity index (χ2n) is 3.93. The molecule has 1 fully saturated rings. The number of alkyl halides is 1. The van der Waals surface area contributed by atoms with E-state index in [1.807, 2.05) is 11.7 Å². The molecule has 1 aromatic rings. The highest BCUT2D eigenvalue weighted by atomic mass is 35.5. The molecule has 0 amide bonds. The number of halogens is 1. The topological polar surface area (TPSA) is 22.1 Å².